The molecule has 1 saturated heterocycles. The maximum atomic E-state index is 14.3. The summed E-state index contributed by atoms with van der Waals surface area (Å²) in [6.45, 7) is 13.6. The quantitative estimate of drug-likeness (QED) is 0.162. The molecule has 1 unspecified atom stereocenters. The van der Waals surface area contributed by atoms with Gasteiger partial charge in [-0.2, -0.15) is 0 Å². The molecule has 2 rings (SSSR count). The van der Waals surface area contributed by atoms with Gasteiger partial charge < -0.3 is 40.0 Å². The molecule has 4 amide bonds. The second kappa shape index (κ2) is 21.3. The lowest BCUT2D eigenvalue weighted by atomic mass is 9.89. The molecule has 1 aliphatic rings. The van der Waals surface area contributed by atoms with Gasteiger partial charge in [-0.15, -0.1) is 0 Å². The Hall–Kier alpha value is -3.39. The van der Waals surface area contributed by atoms with E-state index in [4.69, 9.17) is 14.2 Å². The molecule has 13 heteroatoms. The van der Waals surface area contributed by atoms with Crippen LogP contribution in [-0.4, -0.2) is 130 Å². The Balaban J connectivity index is 2.30. The number of ether oxygens (including phenoxy) is 3. The van der Waals surface area contributed by atoms with Crippen LogP contribution in [0.15, 0.2) is 30.3 Å². The van der Waals surface area contributed by atoms with E-state index in [0.29, 0.717) is 24.9 Å². The molecule has 1 heterocycles. The van der Waals surface area contributed by atoms with Crippen molar-refractivity contribution < 1.29 is 38.2 Å². The third-order valence-corrected chi connectivity index (χ3v) is 10.6. The summed E-state index contributed by atoms with van der Waals surface area (Å²) in [5, 5.41) is 8.75. The lowest BCUT2D eigenvalue weighted by Crippen LogP contribution is -2.59. The number of likely N-dealkylation sites (N-methyl/N-ethyl adjacent to an activating group) is 2. The van der Waals surface area contributed by atoms with E-state index >= 15 is 0 Å². The van der Waals surface area contributed by atoms with E-state index in [-0.39, 0.29) is 66.2 Å². The average Bonchev–Trinajstić information content (AvgIpc) is 3.56. The number of hydrogen-bond donors (Lipinski definition) is 3. The summed E-state index contributed by atoms with van der Waals surface area (Å²) in [7, 11) is 8.06. The molecule has 1 aromatic rings. The minimum Gasteiger partial charge on any atom is -0.380 e. The number of carbonyl (C=O) groups excluding carboxylic acids is 5. The number of benzene rings is 1. The van der Waals surface area contributed by atoms with Crippen molar-refractivity contribution in [1.82, 2.24) is 25.8 Å². The Labute approximate surface area is 311 Å². The molecule has 1 aromatic carbocycles. The normalized spacial score (nSPS) is 20.1. The molecule has 0 aromatic heterocycles. The van der Waals surface area contributed by atoms with Crippen molar-refractivity contribution in [2.24, 2.45) is 23.7 Å². The van der Waals surface area contributed by atoms with Gasteiger partial charge in [0.15, 0.2) is 5.78 Å². The lowest BCUT2D eigenvalue weighted by molar-refractivity contribution is -0.147. The first-order valence-electron chi connectivity index (χ1n) is 18.6. The van der Waals surface area contributed by atoms with Crippen LogP contribution in [-0.2, 0) is 33.4 Å². The largest absolute Gasteiger partial charge is 0.380 e. The zero-order valence-electron chi connectivity index (χ0n) is 33.4. The fraction of sp³-hybridized carbons (Fsp3) is 0.718. The predicted molar refractivity (Wildman–Crippen MR) is 201 cm³/mol. The number of nitrogens with zero attached hydrogens (tertiary/aromatic N) is 2. The summed E-state index contributed by atoms with van der Waals surface area (Å²) >= 11 is 0. The molecular weight excluding hydrogens is 666 g/mol. The number of amides is 4. The zero-order valence-corrected chi connectivity index (χ0v) is 33.4. The van der Waals surface area contributed by atoms with Crippen LogP contribution < -0.4 is 16.0 Å². The fourth-order valence-electron chi connectivity index (χ4n) is 7.26. The van der Waals surface area contributed by atoms with Crippen LogP contribution in [0.25, 0.3) is 0 Å². The minimum atomic E-state index is -0.782. The number of likely N-dealkylation sites (tertiary alicyclic amines) is 1. The maximum Gasteiger partial charge on any atom is 0.245 e. The first-order valence-corrected chi connectivity index (χ1v) is 18.6. The number of nitrogens with one attached hydrogen (secondary N) is 3. The Kier molecular flexibility index (Phi) is 18.4. The van der Waals surface area contributed by atoms with Crippen molar-refractivity contribution in [3.63, 3.8) is 0 Å². The van der Waals surface area contributed by atoms with Gasteiger partial charge in [0.05, 0.1) is 55.3 Å². The van der Waals surface area contributed by atoms with Gasteiger partial charge in [-0.25, -0.2) is 0 Å². The van der Waals surface area contributed by atoms with E-state index in [2.05, 4.69) is 16.0 Å². The smallest absolute Gasteiger partial charge is 0.245 e. The monoisotopic (exact) mass is 731 g/mol. The van der Waals surface area contributed by atoms with Gasteiger partial charge in [0.25, 0.3) is 0 Å². The zero-order chi connectivity index (χ0) is 39.3. The van der Waals surface area contributed by atoms with E-state index < -0.39 is 42.3 Å². The summed E-state index contributed by atoms with van der Waals surface area (Å²) in [4.78, 5) is 70.9. The molecule has 0 bridgehead atoms. The fourth-order valence-corrected chi connectivity index (χ4v) is 7.26. The van der Waals surface area contributed by atoms with Gasteiger partial charge in [-0.1, -0.05) is 85.2 Å². The number of hydrogen-bond acceptors (Lipinski definition) is 9. The van der Waals surface area contributed by atoms with E-state index in [1.165, 1.54) is 14.2 Å². The van der Waals surface area contributed by atoms with Gasteiger partial charge in [0.1, 0.15) is 6.04 Å². The van der Waals surface area contributed by atoms with Gasteiger partial charge >= 0.3 is 0 Å². The van der Waals surface area contributed by atoms with Crippen molar-refractivity contribution >= 4 is 29.4 Å². The molecule has 294 valence electrons. The third-order valence-electron chi connectivity index (χ3n) is 10.6. The van der Waals surface area contributed by atoms with Gasteiger partial charge in [0.2, 0.25) is 23.6 Å². The summed E-state index contributed by atoms with van der Waals surface area (Å²) in [6.07, 6.45) is -0.506. The molecule has 13 nitrogen and oxygen atoms in total. The van der Waals surface area contributed by atoms with Crippen LogP contribution in [0, 0.1) is 23.7 Å². The molecule has 1 aliphatic heterocycles. The molecule has 0 spiro atoms. The van der Waals surface area contributed by atoms with Crippen LogP contribution >= 0.6 is 0 Å². The Morgan fingerprint density at radius 3 is 2.02 bits per heavy atom. The summed E-state index contributed by atoms with van der Waals surface area (Å²) in [5.74, 6) is -2.22. The van der Waals surface area contributed by atoms with Crippen molar-refractivity contribution in [1.29, 1.82) is 0 Å². The van der Waals surface area contributed by atoms with Crippen LogP contribution in [0.5, 0.6) is 0 Å². The predicted octanol–water partition coefficient (Wildman–Crippen LogP) is 2.92. The summed E-state index contributed by atoms with van der Waals surface area (Å²) < 4.78 is 17.6. The van der Waals surface area contributed by atoms with Crippen LogP contribution in [0.4, 0.5) is 0 Å². The van der Waals surface area contributed by atoms with Crippen molar-refractivity contribution in [3.05, 3.63) is 35.9 Å². The highest BCUT2D eigenvalue weighted by atomic mass is 16.5. The third kappa shape index (κ3) is 11.6. The maximum absolute atomic E-state index is 14.3. The Morgan fingerprint density at radius 2 is 1.52 bits per heavy atom. The highest BCUT2D eigenvalue weighted by Gasteiger charge is 2.45. The minimum absolute atomic E-state index is 0.0217. The first-order chi connectivity index (χ1) is 24.6. The molecule has 0 aliphatic carbocycles. The second-order valence-corrected chi connectivity index (χ2v) is 14.7. The van der Waals surface area contributed by atoms with Crippen LogP contribution in [0.2, 0.25) is 0 Å². The number of carbonyl (C=O) groups is 5. The SMILES string of the molecule is CCC(C)[C@@H]([C@@H](CC(=O)N1C[C@H](OC)C[C@H]1[C@H](OC)[C@@H](C)C(=O)NCC(=O)c1ccccc1)OC)N(C)C(=O)[C@@H](NC(=O)[C@@H](NC)C(C)C)C(C)C. The number of Topliss-reactive ketones (excluding diaryl/α,β-unsaturated/α-hetero) is 1. The molecule has 0 radical (unpaired) electrons. The molecule has 3 N–H and O–H groups in total. The molecule has 9 atom stereocenters. The number of ketones is 1. The van der Waals surface area contributed by atoms with Crippen molar-refractivity contribution in [2.75, 3.05) is 48.5 Å². The Bertz CT molecular complexity index is 1310. The topological polar surface area (TPSA) is 156 Å². The molecule has 52 heavy (non-hydrogen) atoms. The average molecular weight is 732 g/mol. The van der Waals surface area contributed by atoms with E-state index in [0.717, 1.165) is 0 Å². The van der Waals surface area contributed by atoms with Gasteiger partial charge in [0, 0.05) is 40.5 Å². The highest BCUT2D eigenvalue weighted by Crippen LogP contribution is 2.31. The van der Waals surface area contributed by atoms with Crippen molar-refractivity contribution in [2.45, 2.75) is 110 Å². The summed E-state index contributed by atoms with van der Waals surface area (Å²) in [6, 6.07) is 6.52. The Morgan fingerprint density at radius 1 is 0.904 bits per heavy atom. The van der Waals surface area contributed by atoms with E-state index in [1.54, 1.807) is 62.2 Å². The number of rotatable bonds is 21. The van der Waals surface area contributed by atoms with Crippen LogP contribution in [0.1, 0.15) is 78.1 Å². The molecule has 0 saturated carbocycles. The van der Waals surface area contributed by atoms with Crippen molar-refractivity contribution in [3.8, 4) is 0 Å². The van der Waals surface area contributed by atoms with E-state index in [9.17, 15) is 24.0 Å². The second-order valence-electron chi connectivity index (χ2n) is 14.7. The highest BCUT2D eigenvalue weighted by molar-refractivity contribution is 5.99. The van der Waals surface area contributed by atoms with E-state index in [1.807, 2.05) is 47.6 Å². The van der Waals surface area contributed by atoms with Gasteiger partial charge in [-0.3, -0.25) is 24.0 Å². The molecular formula is C39H65N5O8. The standard InChI is InChI=1S/C39H65N5O8/c1-13-25(6)35(43(9)39(49)34(24(4)5)42-38(48)33(40-8)23(2)3)31(51-11)20-32(46)44-22-28(50-10)19-29(44)36(52-12)26(7)37(47)41-21-30(45)27-17-15-14-16-18-27/h14-18,23-26,28-29,31,33-36,40H,13,19-22H2,1-12H3,(H,41,47)(H,42,48)/t25?,26-,28-,29+,31-,33+,34+,35+,36-/m1/s1. The molecule has 1 fully saturated rings. The van der Waals surface area contributed by atoms with Crippen LogP contribution in [0.3, 0.4) is 0 Å². The summed E-state index contributed by atoms with van der Waals surface area (Å²) in [5.41, 5.74) is 0.503. The van der Waals surface area contributed by atoms with Gasteiger partial charge in [-0.05, 0) is 31.2 Å². The lowest BCUT2D eigenvalue weighted by Gasteiger charge is -2.41. The first kappa shape index (κ1) is 44.8. The number of methoxy groups -OCH3 is 3.